The van der Waals surface area contributed by atoms with Gasteiger partial charge in [-0.25, -0.2) is 4.98 Å². The van der Waals surface area contributed by atoms with Crippen molar-refractivity contribution < 1.29 is 4.74 Å². The highest BCUT2D eigenvalue weighted by molar-refractivity contribution is 5.68. The second kappa shape index (κ2) is 6.25. The van der Waals surface area contributed by atoms with Crippen LogP contribution in [0.3, 0.4) is 0 Å². The van der Waals surface area contributed by atoms with Crippen LogP contribution in [0.25, 0.3) is 11.1 Å². The number of nitrogen functional groups attached to an aromatic ring is 1. The Labute approximate surface area is 139 Å². The molecule has 24 heavy (non-hydrogen) atoms. The molecule has 0 saturated carbocycles. The first kappa shape index (κ1) is 14.6. The van der Waals surface area contributed by atoms with Gasteiger partial charge in [-0.3, -0.25) is 4.98 Å². The SMILES string of the molecule is Nc1nc2c(c(Nc3ccc(-c4ccncc4)cc3)n1)COCC2. The van der Waals surface area contributed by atoms with E-state index in [-0.39, 0.29) is 5.95 Å². The third kappa shape index (κ3) is 2.91. The molecule has 1 aliphatic rings. The molecule has 6 nitrogen and oxygen atoms in total. The maximum atomic E-state index is 5.83. The summed E-state index contributed by atoms with van der Waals surface area (Å²) in [6.45, 7) is 1.18. The summed E-state index contributed by atoms with van der Waals surface area (Å²) >= 11 is 0. The first-order valence-electron chi connectivity index (χ1n) is 7.80. The molecule has 0 unspecified atom stereocenters. The van der Waals surface area contributed by atoms with Crippen molar-refractivity contribution in [2.75, 3.05) is 17.7 Å². The molecule has 0 bridgehead atoms. The van der Waals surface area contributed by atoms with Gasteiger partial charge in [0, 0.05) is 30.1 Å². The number of nitrogens with zero attached hydrogens (tertiary/aromatic N) is 3. The van der Waals surface area contributed by atoms with Gasteiger partial charge >= 0.3 is 0 Å². The van der Waals surface area contributed by atoms with Gasteiger partial charge in [-0.1, -0.05) is 12.1 Å². The smallest absolute Gasteiger partial charge is 0.222 e. The first-order valence-corrected chi connectivity index (χ1v) is 7.80. The van der Waals surface area contributed by atoms with E-state index in [1.54, 1.807) is 12.4 Å². The van der Waals surface area contributed by atoms with Gasteiger partial charge in [0.2, 0.25) is 5.95 Å². The minimum absolute atomic E-state index is 0.284. The molecule has 0 atom stereocenters. The van der Waals surface area contributed by atoms with Gasteiger partial charge in [-0.2, -0.15) is 4.98 Å². The van der Waals surface area contributed by atoms with Crippen LogP contribution in [0.2, 0.25) is 0 Å². The maximum absolute atomic E-state index is 5.83. The number of anilines is 3. The summed E-state index contributed by atoms with van der Waals surface area (Å²) in [5.74, 6) is 1.00. The molecule has 1 aromatic carbocycles. The summed E-state index contributed by atoms with van der Waals surface area (Å²) in [4.78, 5) is 12.7. The molecule has 3 N–H and O–H groups in total. The average Bonchev–Trinajstić information content (AvgIpc) is 2.63. The van der Waals surface area contributed by atoms with Crippen LogP contribution in [0.15, 0.2) is 48.8 Å². The molecule has 3 aromatic rings. The normalized spacial score (nSPS) is 13.3. The molecule has 0 radical (unpaired) electrons. The number of ether oxygens (including phenoxy) is 1. The van der Waals surface area contributed by atoms with Gasteiger partial charge in [0.05, 0.1) is 18.9 Å². The number of hydrogen-bond donors (Lipinski definition) is 2. The summed E-state index contributed by atoms with van der Waals surface area (Å²) < 4.78 is 5.52. The van der Waals surface area contributed by atoms with E-state index < -0.39 is 0 Å². The fourth-order valence-electron chi connectivity index (χ4n) is 2.78. The highest BCUT2D eigenvalue weighted by atomic mass is 16.5. The highest BCUT2D eigenvalue weighted by Crippen LogP contribution is 2.27. The minimum Gasteiger partial charge on any atom is -0.376 e. The summed E-state index contributed by atoms with van der Waals surface area (Å²) in [5, 5.41) is 3.33. The van der Waals surface area contributed by atoms with Gasteiger partial charge in [0.1, 0.15) is 5.82 Å². The lowest BCUT2D eigenvalue weighted by Gasteiger charge is -2.19. The van der Waals surface area contributed by atoms with Crippen molar-refractivity contribution in [1.82, 2.24) is 15.0 Å². The zero-order valence-corrected chi connectivity index (χ0v) is 13.1. The lowest BCUT2D eigenvalue weighted by Crippen LogP contribution is -2.16. The molecule has 120 valence electrons. The number of hydrogen-bond acceptors (Lipinski definition) is 6. The van der Waals surface area contributed by atoms with E-state index in [4.69, 9.17) is 10.5 Å². The summed E-state index contributed by atoms with van der Waals surface area (Å²) in [5.41, 5.74) is 11.0. The van der Waals surface area contributed by atoms with Crippen molar-refractivity contribution in [2.45, 2.75) is 13.0 Å². The zero-order chi connectivity index (χ0) is 16.4. The summed E-state index contributed by atoms with van der Waals surface area (Å²) in [7, 11) is 0. The fourth-order valence-corrected chi connectivity index (χ4v) is 2.78. The fraction of sp³-hybridized carbons (Fsp3) is 0.167. The molecular formula is C18H17N5O. The maximum Gasteiger partial charge on any atom is 0.222 e. The molecule has 0 aliphatic carbocycles. The Balaban J connectivity index is 1.61. The number of fused-ring (bicyclic) bond motifs is 1. The van der Waals surface area contributed by atoms with Crippen LogP contribution in [-0.2, 0) is 17.8 Å². The van der Waals surface area contributed by atoms with Crippen LogP contribution in [0.4, 0.5) is 17.5 Å². The van der Waals surface area contributed by atoms with Crippen molar-refractivity contribution in [3.8, 4) is 11.1 Å². The number of aromatic nitrogens is 3. The Hall–Kier alpha value is -2.99. The van der Waals surface area contributed by atoms with Crippen LogP contribution in [0.1, 0.15) is 11.3 Å². The predicted octanol–water partition coefficient (Wildman–Crippen LogP) is 2.94. The topological polar surface area (TPSA) is 86.0 Å². The van der Waals surface area contributed by atoms with Crippen LogP contribution < -0.4 is 11.1 Å². The number of pyridine rings is 1. The van der Waals surface area contributed by atoms with Gasteiger partial charge in [-0.15, -0.1) is 0 Å². The van der Waals surface area contributed by atoms with E-state index in [0.29, 0.717) is 19.0 Å². The molecular weight excluding hydrogens is 302 g/mol. The number of nitrogens with two attached hydrogens (primary N) is 1. The van der Waals surface area contributed by atoms with Crippen LogP contribution in [0.5, 0.6) is 0 Å². The molecule has 2 aromatic heterocycles. The molecule has 0 fully saturated rings. The third-order valence-electron chi connectivity index (χ3n) is 4.00. The number of benzene rings is 1. The zero-order valence-electron chi connectivity index (χ0n) is 13.1. The predicted molar refractivity (Wildman–Crippen MR) is 92.8 cm³/mol. The van der Waals surface area contributed by atoms with Crippen molar-refractivity contribution in [2.24, 2.45) is 0 Å². The molecule has 6 heteroatoms. The van der Waals surface area contributed by atoms with Gasteiger partial charge in [-0.05, 0) is 35.4 Å². The lowest BCUT2D eigenvalue weighted by atomic mass is 10.1. The van der Waals surface area contributed by atoms with Crippen molar-refractivity contribution >= 4 is 17.5 Å². The molecule has 1 aliphatic heterocycles. The van der Waals surface area contributed by atoms with Crippen molar-refractivity contribution in [1.29, 1.82) is 0 Å². The average molecular weight is 319 g/mol. The molecule has 4 rings (SSSR count). The van der Waals surface area contributed by atoms with E-state index >= 15 is 0 Å². The van der Waals surface area contributed by atoms with E-state index in [0.717, 1.165) is 34.5 Å². The third-order valence-corrected chi connectivity index (χ3v) is 4.00. The van der Waals surface area contributed by atoms with Crippen molar-refractivity contribution in [3.63, 3.8) is 0 Å². The van der Waals surface area contributed by atoms with Gasteiger partial charge in [0.15, 0.2) is 0 Å². The standard InChI is InChI=1S/C18H17N5O/c19-18-22-16-7-10-24-11-15(16)17(23-18)21-14-3-1-12(2-4-14)13-5-8-20-9-6-13/h1-6,8-9H,7,10-11H2,(H3,19,21,22,23). The second-order valence-electron chi connectivity index (χ2n) is 5.60. The van der Waals surface area contributed by atoms with Crippen LogP contribution in [-0.4, -0.2) is 21.6 Å². The van der Waals surface area contributed by atoms with Crippen molar-refractivity contribution in [3.05, 3.63) is 60.0 Å². The minimum atomic E-state index is 0.284. The Kier molecular flexibility index (Phi) is 3.80. The number of nitrogens with one attached hydrogen (secondary N) is 1. The lowest BCUT2D eigenvalue weighted by molar-refractivity contribution is 0.109. The quantitative estimate of drug-likeness (QED) is 0.772. The van der Waals surface area contributed by atoms with E-state index in [2.05, 4.69) is 32.4 Å². The summed E-state index contributed by atoms with van der Waals surface area (Å²) in [6, 6.07) is 12.1. The first-order chi connectivity index (χ1) is 11.8. The Morgan fingerprint density at radius 2 is 1.71 bits per heavy atom. The monoisotopic (exact) mass is 319 g/mol. The van der Waals surface area contributed by atoms with E-state index in [1.807, 2.05) is 24.3 Å². The van der Waals surface area contributed by atoms with Crippen LogP contribution in [0, 0.1) is 0 Å². The van der Waals surface area contributed by atoms with Gasteiger partial charge in [0.25, 0.3) is 0 Å². The Bertz CT molecular complexity index is 849. The second-order valence-corrected chi connectivity index (χ2v) is 5.60. The Morgan fingerprint density at radius 3 is 2.50 bits per heavy atom. The van der Waals surface area contributed by atoms with E-state index in [9.17, 15) is 0 Å². The molecule has 0 amide bonds. The highest BCUT2D eigenvalue weighted by Gasteiger charge is 2.17. The Morgan fingerprint density at radius 1 is 0.958 bits per heavy atom. The molecule has 0 saturated heterocycles. The van der Waals surface area contributed by atoms with E-state index in [1.165, 1.54) is 0 Å². The largest absolute Gasteiger partial charge is 0.376 e. The summed E-state index contributed by atoms with van der Waals surface area (Å²) in [6.07, 6.45) is 4.34. The molecule has 0 spiro atoms. The van der Waals surface area contributed by atoms with Gasteiger partial charge < -0.3 is 15.8 Å². The molecule has 3 heterocycles. The number of rotatable bonds is 3. The van der Waals surface area contributed by atoms with Crippen LogP contribution >= 0.6 is 0 Å².